The standard InChI is InChI=1S/C14H19ClN2O4/c1-14(2,3)21-13(20)16-17(9-8-12(18)19)11-6-4-10(15)5-7-11/h4-7H,8-9H2,1-3H3,(H,16,20)(H,18,19). The van der Waals surface area contributed by atoms with Gasteiger partial charge < -0.3 is 9.84 Å². The van der Waals surface area contributed by atoms with Crippen LogP contribution in [-0.4, -0.2) is 29.3 Å². The summed E-state index contributed by atoms with van der Waals surface area (Å²) in [4.78, 5) is 22.5. The summed E-state index contributed by atoms with van der Waals surface area (Å²) in [5.74, 6) is -0.958. The number of hydrogen-bond acceptors (Lipinski definition) is 4. The van der Waals surface area contributed by atoms with Gasteiger partial charge in [-0.15, -0.1) is 0 Å². The summed E-state index contributed by atoms with van der Waals surface area (Å²) >= 11 is 5.81. The Morgan fingerprint density at radius 1 is 1.29 bits per heavy atom. The van der Waals surface area contributed by atoms with Gasteiger partial charge in [-0.25, -0.2) is 10.2 Å². The van der Waals surface area contributed by atoms with Crippen LogP contribution in [0.1, 0.15) is 27.2 Å². The third-order valence-electron chi connectivity index (χ3n) is 2.31. The highest BCUT2D eigenvalue weighted by Crippen LogP contribution is 2.17. The maximum atomic E-state index is 11.8. The summed E-state index contributed by atoms with van der Waals surface area (Å²) in [5, 5.41) is 10.7. The summed E-state index contributed by atoms with van der Waals surface area (Å²) in [6.07, 6.45) is -0.777. The molecule has 21 heavy (non-hydrogen) atoms. The molecule has 1 rings (SSSR count). The van der Waals surface area contributed by atoms with Crippen molar-refractivity contribution in [1.29, 1.82) is 0 Å². The zero-order valence-electron chi connectivity index (χ0n) is 12.2. The molecule has 0 atom stereocenters. The average molecular weight is 315 g/mol. The van der Waals surface area contributed by atoms with Crippen molar-refractivity contribution >= 4 is 29.4 Å². The van der Waals surface area contributed by atoms with Crippen molar-refractivity contribution in [2.45, 2.75) is 32.8 Å². The Bertz CT molecular complexity index is 497. The lowest BCUT2D eigenvalue weighted by atomic mass is 10.2. The molecule has 1 amide bonds. The maximum absolute atomic E-state index is 11.8. The van der Waals surface area contributed by atoms with E-state index in [-0.39, 0.29) is 13.0 Å². The first kappa shape index (κ1) is 17.1. The van der Waals surface area contributed by atoms with Crippen LogP contribution in [0.15, 0.2) is 24.3 Å². The summed E-state index contributed by atoms with van der Waals surface area (Å²) in [6.45, 7) is 5.35. The largest absolute Gasteiger partial charge is 0.481 e. The number of hydrazine groups is 1. The van der Waals surface area contributed by atoms with Crippen molar-refractivity contribution in [1.82, 2.24) is 5.43 Å². The van der Waals surface area contributed by atoms with Crippen LogP contribution in [0.2, 0.25) is 5.02 Å². The predicted molar refractivity (Wildman–Crippen MR) is 80.4 cm³/mol. The van der Waals surface area contributed by atoms with Crippen molar-refractivity contribution in [3.05, 3.63) is 29.3 Å². The van der Waals surface area contributed by atoms with Gasteiger partial charge in [-0.2, -0.15) is 0 Å². The Balaban J connectivity index is 2.79. The summed E-state index contributed by atoms with van der Waals surface area (Å²) < 4.78 is 5.16. The molecule has 1 aromatic rings. The fourth-order valence-electron chi connectivity index (χ4n) is 1.49. The highest BCUT2D eigenvalue weighted by molar-refractivity contribution is 6.30. The number of aliphatic carboxylic acids is 1. The molecule has 0 saturated heterocycles. The molecule has 0 aliphatic heterocycles. The molecule has 0 unspecified atom stereocenters. The number of carboxylic acid groups (broad SMARTS) is 1. The molecule has 0 aliphatic rings. The SMILES string of the molecule is CC(C)(C)OC(=O)NN(CCC(=O)O)c1ccc(Cl)cc1. The number of rotatable bonds is 5. The molecular weight excluding hydrogens is 296 g/mol. The minimum absolute atomic E-state index is 0.107. The molecule has 0 heterocycles. The normalized spacial score (nSPS) is 10.9. The molecule has 6 nitrogen and oxygen atoms in total. The molecule has 0 bridgehead atoms. The first-order valence-electron chi connectivity index (χ1n) is 6.42. The van der Waals surface area contributed by atoms with Crippen molar-refractivity contribution in [2.24, 2.45) is 0 Å². The molecule has 0 fully saturated rings. The number of carbonyl (C=O) groups is 2. The second-order valence-corrected chi connectivity index (χ2v) is 5.82. The van der Waals surface area contributed by atoms with E-state index >= 15 is 0 Å². The van der Waals surface area contributed by atoms with Gasteiger partial charge in [-0.1, -0.05) is 11.6 Å². The van der Waals surface area contributed by atoms with Crippen molar-refractivity contribution in [3.63, 3.8) is 0 Å². The Morgan fingerprint density at radius 2 is 1.86 bits per heavy atom. The summed E-state index contributed by atoms with van der Waals surface area (Å²) in [6, 6.07) is 6.67. The van der Waals surface area contributed by atoms with Gasteiger partial charge in [-0.3, -0.25) is 9.80 Å². The Morgan fingerprint density at radius 3 is 2.33 bits per heavy atom. The van der Waals surface area contributed by atoms with E-state index in [1.165, 1.54) is 5.01 Å². The molecular formula is C14H19ClN2O4. The number of hydrogen-bond donors (Lipinski definition) is 2. The molecule has 0 aliphatic carbocycles. The van der Waals surface area contributed by atoms with Crippen LogP contribution >= 0.6 is 11.6 Å². The van der Waals surface area contributed by atoms with Gasteiger partial charge in [0.15, 0.2) is 0 Å². The van der Waals surface area contributed by atoms with Gasteiger partial charge in [0.2, 0.25) is 0 Å². The summed E-state index contributed by atoms with van der Waals surface area (Å²) in [7, 11) is 0. The van der Waals surface area contributed by atoms with Crippen molar-refractivity contribution in [3.8, 4) is 0 Å². The lowest BCUT2D eigenvalue weighted by Crippen LogP contribution is -2.45. The highest BCUT2D eigenvalue weighted by atomic mass is 35.5. The van der Waals surface area contributed by atoms with E-state index in [4.69, 9.17) is 21.4 Å². The summed E-state index contributed by atoms with van der Waals surface area (Å²) in [5.41, 5.74) is 2.51. The molecule has 1 aromatic carbocycles. The number of nitrogens with one attached hydrogen (secondary N) is 1. The molecule has 0 saturated carbocycles. The van der Waals surface area contributed by atoms with Crippen LogP contribution in [0.3, 0.4) is 0 Å². The molecule has 0 aromatic heterocycles. The smallest absolute Gasteiger partial charge is 0.426 e. The molecule has 0 radical (unpaired) electrons. The number of amides is 1. The topological polar surface area (TPSA) is 78.9 Å². The maximum Gasteiger partial charge on any atom is 0.426 e. The van der Waals surface area contributed by atoms with Gasteiger partial charge >= 0.3 is 12.1 Å². The van der Waals surface area contributed by atoms with Gasteiger partial charge in [-0.05, 0) is 45.0 Å². The molecule has 7 heteroatoms. The van der Waals surface area contributed by atoms with Crippen LogP contribution in [0.25, 0.3) is 0 Å². The number of carboxylic acids is 1. The minimum atomic E-state index is -0.958. The third-order valence-corrected chi connectivity index (χ3v) is 2.56. The van der Waals surface area contributed by atoms with E-state index in [0.29, 0.717) is 10.7 Å². The molecule has 116 valence electrons. The second-order valence-electron chi connectivity index (χ2n) is 5.39. The number of ether oxygens (including phenoxy) is 1. The fraction of sp³-hybridized carbons (Fsp3) is 0.429. The van der Waals surface area contributed by atoms with E-state index in [0.717, 1.165) is 0 Å². The Labute approximate surface area is 128 Å². The molecule has 0 spiro atoms. The number of nitrogens with zero attached hydrogens (tertiary/aromatic N) is 1. The Hall–Kier alpha value is -1.95. The predicted octanol–water partition coefficient (Wildman–Crippen LogP) is 3.06. The van der Waals surface area contributed by atoms with E-state index < -0.39 is 17.7 Å². The van der Waals surface area contributed by atoms with Gasteiger partial charge in [0.25, 0.3) is 0 Å². The van der Waals surface area contributed by atoms with Crippen LogP contribution in [0.4, 0.5) is 10.5 Å². The van der Waals surface area contributed by atoms with Gasteiger partial charge in [0, 0.05) is 5.02 Å². The molecule has 2 N–H and O–H groups in total. The monoisotopic (exact) mass is 314 g/mol. The van der Waals surface area contributed by atoms with E-state index in [1.54, 1.807) is 45.0 Å². The zero-order valence-corrected chi connectivity index (χ0v) is 13.0. The van der Waals surface area contributed by atoms with E-state index in [9.17, 15) is 9.59 Å². The van der Waals surface area contributed by atoms with E-state index in [1.807, 2.05) is 0 Å². The first-order valence-corrected chi connectivity index (χ1v) is 6.80. The Kier molecular flexibility index (Phi) is 5.84. The second kappa shape index (κ2) is 7.17. The highest BCUT2D eigenvalue weighted by Gasteiger charge is 2.19. The number of halogens is 1. The quantitative estimate of drug-likeness (QED) is 0.817. The number of anilines is 1. The number of carbonyl (C=O) groups excluding carboxylic acids is 1. The van der Waals surface area contributed by atoms with Crippen LogP contribution in [0.5, 0.6) is 0 Å². The number of benzene rings is 1. The fourth-order valence-corrected chi connectivity index (χ4v) is 1.62. The van der Waals surface area contributed by atoms with Crippen LogP contribution < -0.4 is 10.4 Å². The third kappa shape index (κ3) is 6.85. The lowest BCUT2D eigenvalue weighted by molar-refractivity contribution is -0.136. The lowest BCUT2D eigenvalue weighted by Gasteiger charge is -2.27. The minimum Gasteiger partial charge on any atom is -0.481 e. The van der Waals surface area contributed by atoms with E-state index in [2.05, 4.69) is 5.43 Å². The van der Waals surface area contributed by atoms with Gasteiger partial charge in [0.1, 0.15) is 5.60 Å². The average Bonchev–Trinajstić information content (AvgIpc) is 2.33. The van der Waals surface area contributed by atoms with Crippen molar-refractivity contribution in [2.75, 3.05) is 11.6 Å². The first-order chi connectivity index (χ1) is 9.67. The van der Waals surface area contributed by atoms with Crippen molar-refractivity contribution < 1.29 is 19.4 Å². The van der Waals surface area contributed by atoms with Crippen LogP contribution in [-0.2, 0) is 9.53 Å². The van der Waals surface area contributed by atoms with Gasteiger partial charge in [0.05, 0.1) is 18.7 Å². The zero-order chi connectivity index (χ0) is 16.0. The van der Waals surface area contributed by atoms with Crippen LogP contribution in [0, 0.1) is 0 Å².